The number of rotatable bonds is 5. The molecule has 0 aliphatic carbocycles. The third kappa shape index (κ3) is 5.12. The van der Waals surface area contributed by atoms with Crippen LogP contribution in [0.2, 0.25) is 0 Å². The summed E-state index contributed by atoms with van der Waals surface area (Å²) in [4.78, 5) is 20.8. The van der Waals surface area contributed by atoms with Crippen LogP contribution in [0.5, 0.6) is 0 Å². The zero-order valence-corrected chi connectivity index (χ0v) is 22.2. The van der Waals surface area contributed by atoms with Crippen LogP contribution in [0.1, 0.15) is 30.5 Å². The Labute approximate surface area is 223 Å². The SMILES string of the molecule is CC1(C)C(=O)N(c2ccc(C#N)c(C(F)(F)F)c2)C(=S)N1Cc1ccc(N=S(C)(=O)c2ccccc2)nc1. The third-order valence-corrected chi connectivity index (χ3v) is 8.19. The van der Waals surface area contributed by atoms with E-state index in [9.17, 15) is 22.2 Å². The summed E-state index contributed by atoms with van der Waals surface area (Å²) in [5.41, 5.74) is -2.28. The third-order valence-electron chi connectivity index (χ3n) is 6.11. The number of hydrogen-bond donors (Lipinski definition) is 0. The highest BCUT2D eigenvalue weighted by Crippen LogP contribution is 2.38. The Kier molecular flexibility index (Phi) is 7.03. The molecule has 2 heterocycles. The van der Waals surface area contributed by atoms with E-state index in [1.165, 1.54) is 24.6 Å². The predicted molar refractivity (Wildman–Crippen MR) is 141 cm³/mol. The van der Waals surface area contributed by atoms with Crippen molar-refractivity contribution < 1.29 is 22.2 Å². The number of anilines is 1. The number of hydrogen-bond acceptors (Lipinski definition) is 6. The van der Waals surface area contributed by atoms with Crippen molar-refractivity contribution in [1.82, 2.24) is 9.88 Å². The first-order valence-electron chi connectivity index (χ1n) is 11.3. The van der Waals surface area contributed by atoms with Crippen LogP contribution >= 0.6 is 12.2 Å². The number of benzene rings is 2. The molecule has 196 valence electrons. The highest BCUT2D eigenvalue weighted by Gasteiger charge is 2.49. The summed E-state index contributed by atoms with van der Waals surface area (Å²) >= 11 is 5.53. The first kappa shape index (κ1) is 27.2. The lowest BCUT2D eigenvalue weighted by molar-refractivity contribution is -0.137. The van der Waals surface area contributed by atoms with E-state index in [0.29, 0.717) is 10.5 Å². The minimum Gasteiger partial charge on any atom is -0.330 e. The van der Waals surface area contributed by atoms with E-state index >= 15 is 0 Å². The molecule has 38 heavy (non-hydrogen) atoms. The molecule has 0 spiro atoms. The zero-order chi connectivity index (χ0) is 27.9. The van der Waals surface area contributed by atoms with Gasteiger partial charge < -0.3 is 4.90 Å². The maximum atomic E-state index is 13.5. The lowest BCUT2D eigenvalue weighted by Crippen LogP contribution is -2.43. The van der Waals surface area contributed by atoms with Gasteiger partial charge >= 0.3 is 6.18 Å². The number of nitriles is 1. The van der Waals surface area contributed by atoms with Gasteiger partial charge in [0.1, 0.15) is 5.54 Å². The van der Waals surface area contributed by atoms with Crippen molar-refractivity contribution in [1.29, 1.82) is 5.26 Å². The monoisotopic (exact) mass is 557 g/mol. The van der Waals surface area contributed by atoms with Gasteiger partial charge in [0, 0.05) is 23.9 Å². The van der Waals surface area contributed by atoms with E-state index in [1.807, 2.05) is 6.07 Å². The highest BCUT2D eigenvalue weighted by molar-refractivity contribution is 7.93. The number of carbonyl (C=O) groups is 1. The smallest absolute Gasteiger partial charge is 0.330 e. The number of nitrogens with zero attached hydrogens (tertiary/aromatic N) is 5. The fourth-order valence-electron chi connectivity index (χ4n) is 3.98. The molecule has 4 rings (SSSR count). The fraction of sp³-hybridized carbons (Fsp3) is 0.231. The van der Waals surface area contributed by atoms with Gasteiger partial charge in [-0.05, 0) is 68.0 Å². The molecule has 1 atom stereocenters. The van der Waals surface area contributed by atoms with Gasteiger partial charge in [-0.1, -0.05) is 24.3 Å². The van der Waals surface area contributed by atoms with Gasteiger partial charge in [-0.2, -0.15) is 22.8 Å². The number of aromatic nitrogens is 1. The minimum absolute atomic E-state index is 0.0206. The van der Waals surface area contributed by atoms with E-state index in [0.717, 1.165) is 17.0 Å². The number of thiocarbonyl (C=S) groups is 1. The molecule has 1 fully saturated rings. The van der Waals surface area contributed by atoms with Gasteiger partial charge in [0.15, 0.2) is 10.9 Å². The number of carbonyl (C=O) groups excluding carboxylic acids is 1. The van der Waals surface area contributed by atoms with Crippen LogP contribution in [0, 0.1) is 11.3 Å². The van der Waals surface area contributed by atoms with E-state index in [-0.39, 0.29) is 23.2 Å². The van der Waals surface area contributed by atoms with Gasteiger partial charge in [-0.25, -0.2) is 9.19 Å². The predicted octanol–water partition coefficient (Wildman–Crippen LogP) is 5.67. The van der Waals surface area contributed by atoms with Crippen molar-refractivity contribution in [2.24, 2.45) is 4.36 Å². The van der Waals surface area contributed by atoms with Crippen molar-refractivity contribution in [2.75, 3.05) is 11.2 Å². The number of pyridine rings is 1. The molecule has 12 heteroatoms. The lowest BCUT2D eigenvalue weighted by atomic mass is 10.0. The second-order valence-electron chi connectivity index (χ2n) is 9.14. The summed E-state index contributed by atoms with van der Waals surface area (Å²) in [6.45, 7) is 3.39. The Hall–Kier alpha value is -3.82. The van der Waals surface area contributed by atoms with Crippen LogP contribution in [-0.4, -0.2) is 36.9 Å². The average molecular weight is 558 g/mol. The quantitative estimate of drug-likeness (QED) is 0.376. The van der Waals surface area contributed by atoms with Crippen LogP contribution in [0.4, 0.5) is 24.7 Å². The minimum atomic E-state index is -4.78. The Morgan fingerprint density at radius 3 is 2.39 bits per heavy atom. The Bertz CT molecular complexity index is 1570. The van der Waals surface area contributed by atoms with Crippen molar-refractivity contribution in [3.05, 3.63) is 83.6 Å². The second kappa shape index (κ2) is 9.81. The molecule has 0 radical (unpaired) electrons. The summed E-state index contributed by atoms with van der Waals surface area (Å²) < 4.78 is 57.8. The molecule has 1 aromatic heterocycles. The maximum Gasteiger partial charge on any atom is 0.417 e. The molecule has 0 N–H and O–H groups in total. The average Bonchev–Trinajstić information content (AvgIpc) is 3.03. The van der Waals surface area contributed by atoms with E-state index in [4.69, 9.17) is 17.5 Å². The van der Waals surface area contributed by atoms with E-state index < -0.39 is 38.5 Å². The van der Waals surface area contributed by atoms with Crippen LogP contribution in [0.3, 0.4) is 0 Å². The van der Waals surface area contributed by atoms with Gasteiger partial charge in [-0.3, -0.25) is 9.69 Å². The summed E-state index contributed by atoms with van der Waals surface area (Å²) in [7, 11) is -2.71. The molecule has 7 nitrogen and oxygen atoms in total. The standard InChI is InChI=1S/C26H22F3N5O2S2/c1-25(2)23(35)34(19-11-10-18(14-30)21(13-19)26(27,28)29)24(37)33(25)16-17-9-12-22(31-15-17)32-38(3,36)20-7-5-4-6-8-20/h4-13,15H,16H2,1-3H3. The van der Waals surface area contributed by atoms with Crippen molar-refractivity contribution in [2.45, 2.75) is 37.0 Å². The summed E-state index contributed by atoms with van der Waals surface area (Å²) in [6, 6.07) is 16.7. The van der Waals surface area contributed by atoms with Crippen LogP contribution in [-0.2, 0) is 27.2 Å². The van der Waals surface area contributed by atoms with Crippen LogP contribution in [0.25, 0.3) is 0 Å². The molecule has 1 unspecified atom stereocenters. The molecule has 1 aliphatic heterocycles. The van der Waals surface area contributed by atoms with Crippen molar-refractivity contribution in [3.63, 3.8) is 0 Å². The molecule has 3 aromatic rings. The molecular formula is C26H22F3N5O2S2. The van der Waals surface area contributed by atoms with E-state index in [2.05, 4.69) is 9.35 Å². The molecule has 0 bridgehead atoms. The normalized spacial score (nSPS) is 16.8. The van der Waals surface area contributed by atoms with E-state index in [1.54, 1.807) is 55.1 Å². The highest BCUT2D eigenvalue weighted by atomic mass is 32.2. The summed E-state index contributed by atoms with van der Waals surface area (Å²) in [5.74, 6) is -0.239. The molecule has 2 aromatic carbocycles. The number of halogens is 3. The molecule has 0 saturated carbocycles. The Morgan fingerprint density at radius 1 is 1.13 bits per heavy atom. The van der Waals surface area contributed by atoms with Crippen molar-refractivity contribution in [3.8, 4) is 6.07 Å². The van der Waals surface area contributed by atoms with Crippen molar-refractivity contribution >= 4 is 44.5 Å². The molecule has 1 aliphatic rings. The maximum absolute atomic E-state index is 13.5. The topological polar surface area (TPSA) is 89.7 Å². The van der Waals surface area contributed by atoms with Crippen LogP contribution in [0.15, 0.2) is 76.1 Å². The largest absolute Gasteiger partial charge is 0.417 e. The number of amides is 1. The molecular weight excluding hydrogens is 535 g/mol. The Balaban J connectivity index is 1.61. The Morgan fingerprint density at radius 2 is 1.82 bits per heavy atom. The van der Waals surface area contributed by atoms with Crippen LogP contribution < -0.4 is 4.90 Å². The second-order valence-corrected chi connectivity index (χ2v) is 11.8. The lowest BCUT2D eigenvalue weighted by Gasteiger charge is -2.29. The zero-order valence-electron chi connectivity index (χ0n) is 20.6. The van der Waals surface area contributed by atoms with Gasteiger partial charge in [0.2, 0.25) is 0 Å². The van der Waals surface area contributed by atoms with Gasteiger partial charge in [-0.15, -0.1) is 0 Å². The molecule has 1 amide bonds. The number of alkyl halides is 3. The summed E-state index contributed by atoms with van der Waals surface area (Å²) in [6.07, 6.45) is -1.73. The van der Waals surface area contributed by atoms with Gasteiger partial charge in [0.05, 0.1) is 32.6 Å². The fourth-order valence-corrected chi connectivity index (χ4v) is 5.70. The van der Waals surface area contributed by atoms with Gasteiger partial charge in [0.25, 0.3) is 5.91 Å². The molecule has 1 saturated heterocycles. The summed E-state index contributed by atoms with van der Waals surface area (Å²) in [5, 5.41) is 9.10. The first-order chi connectivity index (χ1) is 17.8. The first-order valence-corrected chi connectivity index (χ1v) is 13.6.